The minimum Gasteiger partial charge on any atom is -0.467 e. The van der Waals surface area contributed by atoms with Crippen molar-refractivity contribution in [2.75, 3.05) is 14.2 Å². The molecule has 0 saturated carbocycles. The minimum atomic E-state index is -1.00. The lowest BCUT2D eigenvalue weighted by Gasteiger charge is -2.26. The molecule has 1 aliphatic rings. The van der Waals surface area contributed by atoms with Gasteiger partial charge in [-0.2, -0.15) is 0 Å². The summed E-state index contributed by atoms with van der Waals surface area (Å²) < 4.78 is 14.3. The van der Waals surface area contributed by atoms with Gasteiger partial charge in [-0.1, -0.05) is 6.08 Å². The van der Waals surface area contributed by atoms with Crippen LogP contribution in [0.3, 0.4) is 0 Å². The van der Waals surface area contributed by atoms with E-state index < -0.39 is 24.5 Å². The highest BCUT2D eigenvalue weighted by Crippen LogP contribution is 2.14. The van der Waals surface area contributed by atoms with Gasteiger partial charge in [0.1, 0.15) is 6.10 Å². The number of aliphatic hydroxyl groups excluding tert-OH is 1. The molecule has 1 N–H and O–H groups in total. The van der Waals surface area contributed by atoms with Crippen LogP contribution >= 0.6 is 0 Å². The summed E-state index contributed by atoms with van der Waals surface area (Å²) in [4.78, 5) is 11.0. The van der Waals surface area contributed by atoms with Crippen LogP contribution in [0.2, 0.25) is 0 Å². The van der Waals surface area contributed by atoms with E-state index in [4.69, 9.17) is 9.47 Å². The molecule has 0 aromatic rings. The summed E-state index contributed by atoms with van der Waals surface area (Å²) in [5.41, 5.74) is 0. The van der Waals surface area contributed by atoms with Crippen LogP contribution in [-0.4, -0.2) is 43.8 Å². The number of ether oxygens (including phenoxy) is 3. The van der Waals surface area contributed by atoms with Gasteiger partial charge >= 0.3 is 5.97 Å². The molecule has 74 valence electrons. The number of aliphatic hydroxyl groups is 1. The maximum atomic E-state index is 11.0. The van der Waals surface area contributed by atoms with Gasteiger partial charge in [0.25, 0.3) is 0 Å². The first-order valence-corrected chi connectivity index (χ1v) is 3.81. The van der Waals surface area contributed by atoms with Crippen molar-refractivity contribution in [3.8, 4) is 0 Å². The molecule has 0 radical (unpaired) electrons. The third-order valence-electron chi connectivity index (χ3n) is 1.72. The summed E-state index contributed by atoms with van der Waals surface area (Å²) in [5, 5.41) is 9.32. The van der Waals surface area contributed by atoms with Crippen molar-refractivity contribution in [3.63, 3.8) is 0 Å². The largest absolute Gasteiger partial charge is 0.467 e. The maximum absolute atomic E-state index is 11.0. The molecule has 0 unspecified atom stereocenters. The molecule has 5 nitrogen and oxygen atoms in total. The van der Waals surface area contributed by atoms with E-state index in [9.17, 15) is 9.90 Å². The Labute approximate surface area is 75.9 Å². The molecule has 0 spiro atoms. The average Bonchev–Trinajstić information content (AvgIpc) is 2.17. The summed E-state index contributed by atoms with van der Waals surface area (Å²) in [6.07, 6.45) is 0.398. The van der Waals surface area contributed by atoms with Gasteiger partial charge in [0.2, 0.25) is 0 Å². The number of rotatable bonds is 2. The molecule has 0 fully saturated rings. The lowest BCUT2D eigenvalue weighted by atomic mass is 10.1. The molecule has 0 aromatic heterocycles. The van der Waals surface area contributed by atoms with Gasteiger partial charge in [-0.25, -0.2) is 4.79 Å². The molecule has 0 saturated heterocycles. The lowest BCUT2D eigenvalue weighted by Crippen LogP contribution is -2.42. The van der Waals surface area contributed by atoms with Crippen LogP contribution in [0, 0.1) is 0 Å². The number of carbonyl (C=O) groups excluding carboxylic acids is 1. The lowest BCUT2D eigenvalue weighted by molar-refractivity contribution is -0.188. The fourth-order valence-corrected chi connectivity index (χ4v) is 1.02. The second-order valence-electron chi connectivity index (χ2n) is 2.56. The monoisotopic (exact) mass is 188 g/mol. The van der Waals surface area contributed by atoms with Gasteiger partial charge in [0.15, 0.2) is 12.4 Å². The van der Waals surface area contributed by atoms with Gasteiger partial charge < -0.3 is 19.3 Å². The van der Waals surface area contributed by atoms with Crippen molar-refractivity contribution in [2.24, 2.45) is 0 Å². The van der Waals surface area contributed by atoms with E-state index in [1.807, 2.05) is 0 Å². The summed E-state index contributed by atoms with van der Waals surface area (Å²) in [6, 6.07) is 0. The zero-order valence-electron chi connectivity index (χ0n) is 7.47. The summed E-state index contributed by atoms with van der Waals surface area (Å²) in [6.45, 7) is 0. The predicted molar refractivity (Wildman–Crippen MR) is 42.8 cm³/mol. The van der Waals surface area contributed by atoms with E-state index >= 15 is 0 Å². The molecule has 3 atom stereocenters. The van der Waals surface area contributed by atoms with E-state index in [2.05, 4.69) is 4.74 Å². The molecule has 1 rings (SSSR count). The second kappa shape index (κ2) is 4.36. The molecule has 0 amide bonds. The third-order valence-corrected chi connectivity index (χ3v) is 1.72. The number of esters is 1. The van der Waals surface area contributed by atoms with Crippen LogP contribution < -0.4 is 0 Å². The summed E-state index contributed by atoms with van der Waals surface area (Å²) >= 11 is 0. The quantitative estimate of drug-likeness (QED) is 0.465. The van der Waals surface area contributed by atoms with Crippen molar-refractivity contribution in [3.05, 3.63) is 12.2 Å². The minimum absolute atomic E-state index is 0.604. The molecule has 13 heavy (non-hydrogen) atoms. The van der Waals surface area contributed by atoms with Crippen molar-refractivity contribution in [2.45, 2.75) is 18.5 Å². The number of hydrogen-bond donors (Lipinski definition) is 1. The van der Waals surface area contributed by atoms with Crippen LogP contribution in [-0.2, 0) is 19.0 Å². The standard InChI is InChI=1S/C8H12O5/c1-11-6-4-3-5(9)7(13-6)8(10)12-2/h3-7,9H,1-2H3/t5-,6-,7-/m0/s1. The molecule has 0 aliphatic carbocycles. The topological polar surface area (TPSA) is 65.0 Å². The number of methoxy groups -OCH3 is 2. The smallest absolute Gasteiger partial charge is 0.338 e. The Balaban J connectivity index is 2.65. The van der Waals surface area contributed by atoms with Gasteiger partial charge in [-0.3, -0.25) is 0 Å². The highest BCUT2D eigenvalue weighted by Gasteiger charge is 2.32. The fourth-order valence-electron chi connectivity index (χ4n) is 1.02. The van der Waals surface area contributed by atoms with Crippen LogP contribution in [0.25, 0.3) is 0 Å². The van der Waals surface area contributed by atoms with Gasteiger partial charge in [0, 0.05) is 7.11 Å². The predicted octanol–water partition coefficient (Wildman–Crippen LogP) is -0.552. The Hall–Kier alpha value is -0.910. The molecular weight excluding hydrogens is 176 g/mol. The van der Waals surface area contributed by atoms with Crippen LogP contribution in [0.4, 0.5) is 0 Å². The van der Waals surface area contributed by atoms with Crippen LogP contribution in [0.1, 0.15) is 0 Å². The van der Waals surface area contributed by atoms with E-state index in [-0.39, 0.29) is 0 Å². The molecule has 1 heterocycles. The number of carbonyl (C=O) groups is 1. The Kier molecular flexibility index (Phi) is 3.41. The second-order valence-corrected chi connectivity index (χ2v) is 2.56. The van der Waals surface area contributed by atoms with Crippen molar-refractivity contribution < 1.29 is 24.1 Å². The first kappa shape index (κ1) is 10.2. The number of hydrogen-bond acceptors (Lipinski definition) is 5. The molecular formula is C8H12O5. The van der Waals surface area contributed by atoms with E-state index in [1.165, 1.54) is 26.4 Å². The Bertz CT molecular complexity index is 213. The van der Waals surface area contributed by atoms with Crippen molar-refractivity contribution in [1.29, 1.82) is 0 Å². The highest BCUT2D eigenvalue weighted by molar-refractivity contribution is 5.75. The van der Waals surface area contributed by atoms with Crippen molar-refractivity contribution in [1.82, 2.24) is 0 Å². The van der Waals surface area contributed by atoms with E-state index in [0.29, 0.717) is 0 Å². The summed E-state index contributed by atoms with van der Waals surface area (Å²) in [7, 11) is 2.68. The third kappa shape index (κ3) is 2.27. The van der Waals surface area contributed by atoms with Gasteiger partial charge in [0.05, 0.1) is 7.11 Å². The van der Waals surface area contributed by atoms with Crippen LogP contribution in [0.15, 0.2) is 12.2 Å². The normalized spacial score (nSPS) is 33.0. The SMILES string of the molecule is COC(=O)[C@H]1O[C@H](OC)C=C[C@@H]1O. The maximum Gasteiger partial charge on any atom is 0.338 e. The zero-order valence-corrected chi connectivity index (χ0v) is 7.47. The van der Waals surface area contributed by atoms with Gasteiger partial charge in [-0.05, 0) is 6.08 Å². The van der Waals surface area contributed by atoms with Crippen LogP contribution in [0.5, 0.6) is 0 Å². The first-order chi connectivity index (χ1) is 6.19. The van der Waals surface area contributed by atoms with E-state index in [0.717, 1.165) is 0 Å². The van der Waals surface area contributed by atoms with Crippen molar-refractivity contribution >= 4 is 5.97 Å². The molecule has 5 heteroatoms. The first-order valence-electron chi connectivity index (χ1n) is 3.81. The fraction of sp³-hybridized carbons (Fsp3) is 0.625. The molecule has 0 aromatic carbocycles. The Morgan fingerprint density at radius 2 is 2.15 bits per heavy atom. The molecule has 1 aliphatic heterocycles. The van der Waals surface area contributed by atoms with Gasteiger partial charge in [-0.15, -0.1) is 0 Å². The van der Waals surface area contributed by atoms with E-state index in [1.54, 1.807) is 0 Å². The average molecular weight is 188 g/mol. The molecule has 0 bridgehead atoms. The zero-order chi connectivity index (χ0) is 9.84. The Morgan fingerprint density at radius 1 is 1.46 bits per heavy atom. The summed E-state index contributed by atoms with van der Waals surface area (Å²) in [5.74, 6) is -0.612. The Morgan fingerprint density at radius 3 is 2.69 bits per heavy atom. The highest BCUT2D eigenvalue weighted by atomic mass is 16.7.